The van der Waals surface area contributed by atoms with Crippen LogP contribution in [-0.4, -0.2) is 86.6 Å². The zero-order chi connectivity index (χ0) is 46.6. The van der Waals surface area contributed by atoms with Gasteiger partial charge < -0.3 is 36.3 Å². The van der Waals surface area contributed by atoms with E-state index in [0.717, 1.165) is 19.9 Å². The Hall–Kier alpha value is -7.07. The maximum atomic E-state index is 14.3. The second-order valence-corrected chi connectivity index (χ2v) is 17.7. The van der Waals surface area contributed by atoms with E-state index in [9.17, 15) is 52.3 Å². The molecule has 0 aliphatic heterocycles. The van der Waals surface area contributed by atoms with Crippen LogP contribution in [0, 0.1) is 6.08 Å². The van der Waals surface area contributed by atoms with Crippen molar-refractivity contribution in [2.24, 2.45) is 16.0 Å². The second kappa shape index (κ2) is 18.7. The summed E-state index contributed by atoms with van der Waals surface area (Å²) in [7, 11) is -14.4. The molecule has 0 saturated carbocycles. The van der Waals surface area contributed by atoms with Gasteiger partial charge in [0.2, 0.25) is 40.2 Å². The average molecular weight is 978 g/mol. The highest BCUT2D eigenvalue weighted by atomic mass is 35.5. The van der Waals surface area contributed by atoms with Crippen molar-refractivity contribution in [3.05, 3.63) is 90.9 Å². The summed E-state index contributed by atoms with van der Waals surface area (Å²) in [5.41, 5.74) is 4.77. The number of nitrogens with two attached hydrogens (primary N) is 1. The summed E-state index contributed by atoms with van der Waals surface area (Å²) in [5.74, 6) is -0.813. The first-order chi connectivity index (χ1) is 30.0. The molecule has 6 rings (SSSR count). The Bertz CT molecular complexity index is 3250. The Labute approximate surface area is 367 Å². The van der Waals surface area contributed by atoms with Crippen molar-refractivity contribution < 1.29 is 56.5 Å². The number of aromatic nitrogens is 6. The van der Waals surface area contributed by atoms with Crippen molar-refractivity contribution in [2.45, 2.75) is 19.6 Å². The van der Waals surface area contributed by atoms with Crippen molar-refractivity contribution >= 4 is 130 Å². The van der Waals surface area contributed by atoms with Crippen molar-refractivity contribution in [2.75, 3.05) is 26.4 Å². The molecule has 64 heavy (non-hydrogen) atoms. The number of anilines is 7. The van der Waals surface area contributed by atoms with Gasteiger partial charge in [0.05, 0.1) is 21.7 Å². The molecule has 2 amide bonds. The maximum absolute atomic E-state index is 14.3. The summed E-state index contributed by atoms with van der Waals surface area (Å²) in [5, 5.41) is 19.4. The molecule has 2 heterocycles. The first-order valence-electron chi connectivity index (χ1n) is 16.7. The summed E-state index contributed by atoms with van der Waals surface area (Å²) in [6.45, 7) is 3.34. The summed E-state index contributed by atoms with van der Waals surface area (Å²) >= 11 is 4.33. The van der Waals surface area contributed by atoms with Crippen LogP contribution < -0.4 is 32.1 Å². The van der Waals surface area contributed by atoms with E-state index in [1.54, 1.807) is 0 Å². The number of hydrogen-bond acceptors (Lipinski definition) is 21. The van der Waals surface area contributed by atoms with Gasteiger partial charge in [0.15, 0.2) is 0 Å². The fraction of sp³-hybridized carbons (Fsp3) is 0. The maximum Gasteiger partial charge on any atom is 0.390 e. The molecule has 2 aromatic heterocycles. The van der Waals surface area contributed by atoms with Crippen molar-refractivity contribution in [3.63, 3.8) is 0 Å². The molecule has 33 heteroatoms. The summed E-state index contributed by atoms with van der Waals surface area (Å²) in [6, 6.07) is 11.2. The van der Waals surface area contributed by atoms with Gasteiger partial charge >= 0.3 is 19.7 Å². The minimum atomic E-state index is -5.22. The van der Waals surface area contributed by atoms with Gasteiger partial charge in [-0.3, -0.25) is 13.7 Å². The van der Waals surface area contributed by atoms with Gasteiger partial charge in [-0.2, -0.15) is 59.5 Å². The van der Waals surface area contributed by atoms with Gasteiger partial charge in [-0.25, -0.2) is 9.00 Å². The number of carbonyl (C=O) groups excluding carboxylic acids is 1. The molecular weight excluding hydrogens is 954 g/mol. The number of nitrogens with zero attached hydrogens (tertiary/aromatic N) is 8. The minimum Gasteiger partial charge on any atom is -0.406 e. The summed E-state index contributed by atoms with van der Waals surface area (Å²) in [6.07, 6.45) is -0.116. The molecule has 0 fully saturated rings. The van der Waals surface area contributed by atoms with Crippen molar-refractivity contribution in [3.8, 4) is 0 Å². The molecule has 6 aromatic rings. The Morgan fingerprint density at radius 2 is 1.34 bits per heavy atom. The lowest BCUT2D eigenvalue weighted by molar-refractivity contribution is 0.259. The lowest BCUT2D eigenvalue weighted by atomic mass is 10.1. The van der Waals surface area contributed by atoms with Gasteiger partial charge in [0.1, 0.15) is 21.2 Å². The molecule has 1 atom stereocenters. The topological polar surface area (TPSA) is 395 Å². The number of carbonyl (C=O) groups is 1. The Kier molecular flexibility index (Phi) is 13.6. The molecule has 4 aromatic carbocycles. The summed E-state index contributed by atoms with van der Waals surface area (Å²) in [4.78, 5) is 32.4. The number of primary amides is 1. The number of azo groups is 1. The fourth-order valence-corrected chi connectivity index (χ4v) is 7.88. The second-order valence-electron chi connectivity index (χ2n) is 12.0. The van der Waals surface area contributed by atoms with Crippen LogP contribution in [0.15, 0.2) is 109 Å². The lowest BCUT2D eigenvalue weighted by Gasteiger charge is -2.12. The molecule has 331 valence electrons. The fourth-order valence-electron chi connectivity index (χ4n) is 5.14. The number of nitrogens with one attached hydrogen (secondary N) is 5. The van der Waals surface area contributed by atoms with E-state index in [1.807, 2.05) is 0 Å². The van der Waals surface area contributed by atoms with Crippen LogP contribution in [0.4, 0.5) is 61.4 Å². The van der Waals surface area contributed by atoms with E-state index in [4.69, 9.17) is 21.5 Å². The summed E-state index contributed by atoms with van der Waals surface area (Å²) < 4.78 is 133. The van der Waals surface area contributed by atoms with E-state index in [2.05, 4.69) is 73.1 Å². The highest BCUT2D eigenvalue weighted by Crippen LogP contribution is 2.37. The highest BCUT2D eigenvalue weighted by molar-refractivity contribution is 7.87. The molecule has 26 nitrogen and oxygen atoms in total. The van der Waals surface area contributed by atoms with Crippen LogP contribution in [0.3, 0.4) is 0 Å². The van der Waals surface area contributed by atoms with Gasteiger partial charge in [0, 0.05) is 16.8 Å². The van der Waals surface area contributed by atoms with E-state index in [-0.39, 0.29) is 46.1 Å². The predicted octanol–water partition coefficient (Wildman–Crippen LogP) is 4.38. The smallest absolute Gasteiger partial charge is 0.390 e. The van der Waals surface area contributed by atoms with Crippen molar-refractivity contribution in [1.29, 1.82) is 0 Å². The largest absolute Gasteiger partial charge is 0.406 e. The number of urea groups is 1. The number of fused-ring (bicyclic) bond motifs is 1. The van der Waals surface area contributed by atoms with Gasteiger partial charge in [-0.15, -0.1) is 10.2 Å². The minimum absolute atomic E-state index is 0.142. The van der Waals surface area contributed by atoms with Crippen LogP contribution in [0.5, 0.6) is 0 Å². The van der Waals surface area contributed by atoms with Crippen LogP contribution >= 0.6 is 11.6 Å². The lowest BCUT2D eigenvalue weighted by Crippen LogP contribution is -2.21. The number of halogens is 2. The quantitative estimate of drug-likeness (QED) is 0.0265. The van der Waals surface area contributed by atoms with Crippen LogP contribution in [0.25, 0.3) is 10.8 Å². The molecule has 1 radical (unpaired) electrons. The van der Waals surface area contributed by atoms with E-state index in [1.165, 1.54) is 42.5 Å². The van der Waals surface area contributed by atoms with E-state index >= 15 is 0 Å². The van der Waals surface area contributed by atoms with Crippen LogP contribution in [0.2, 0.25) is 5.28 Å². The zero-order valence-corrected chi connectivity index (χ0v) is 35.3. The number of benzene rings is 4. The molecule has 0 aliphatic carbocycles. The van der Waals surface area contributed by atoms with Gasteiger partial charge in [-0.05, 0) is 83.7 Å². The number of hydrogen-bond donors (Lipinski definition) is 9. The molecular formula is C31H24BClFN14O12S4. The molecule has 1 unspecified atom stereocenters. The SMILES string of the molecule is C=COS(=O)c1ccc(Nc2nc(F)nc(N[B]Nc3nc(Cl)nc(Nc4ccc(N=Nc5cc6c(S(=O)(=O)O)cc(S(=O)(=O)O)cc6cc5S(=O)(=O)O)c(NC(N)=O)c4)n3)n2)cc1. The zero-order valence-electron chi connectivity index (χ0n) is 31.3. The first-order valence-corrected chi connectivity index (χ1v) is 22.5. The molecule has 0 aliphatic rings. The normalized spacial score (nSPS) is 12.3. The van der Waals surface area contributed by atoms with Gasteiger partial charge in [0.25, 0.3) is 30.4 Å². The Morgan fingerprint density at radius 3 is 1.97 bits per heavy atom. The third-order valence-corrected chi connectivity index (χ3v) is 11.4. The number of rotatable bonds is 17. The average Bonchev–Trinajstić information content (AvgIpc) is 3.18. The van der Waals surface area contributed by atoms with Crippen LogP contribution in [-0.2, 0) is 45.6 Å². The van der Waals surface area contributed by atoms with Crippen molar-refractivity contribution in [1.82, 2.24) is 29.9 Å². The Balaban J connectivity index is 1.21. The first kappa shape index (κ1) is 46.4. The molecule has 0 saturated heterocycles. The van der Waals surface area contributed by atoms with E-state index in [0.29, 0.717) is 28.8 Å². The standard InChI is InChI=1S/C31H24BClFN14O12S4/c1-2-60-61(50)17-6-3-15(4-7-17)36-29-41-26(34)42-31(44-29)46-32-45-30-40-25(33)39-28(43-30)37-16-5-8-20(21(11-16)38-27(35)49)47-48-22-13-19-14(10-24(22)64(57,58)59)9-18(62(51,52)53)12-23(19)63(54,55)56/h2-13H,1H2,(H3,35,38,49)(H,51,52,53)(H,54,55,56)(H,57,58,59)(H2,36,41,42,44,46)(H2,37,39,40,43,45). The third kappa shape index (κ3) is 11.9. The molecule has 0 spiro atoms. The van der Waals surface area contributed by atoms with E-state index < -0.39 is 84.7 Å². The Morgan fingerprint density at radius 1 is 0.766 bits per heavy atom. The van der Waals surface area contributed by atoms with Crippen LogP contribution in [0.1, 0.15) is 0 Å². The molecule has 10 N–H and O–H groups in total. The monoisotopic (exact) mass is 977 g/mol. The molecule has 0 bridgehead atoms. The predicted molar refractivity (Wildman–Crippen MR) is 226 cm³/mol. The highest BCUT2D eigenvalue weighted by Gasteiger charge is 2.25. The number of amides is 2. The van der Waals surface area contributed by atoms with Gasteiger partial charge in [-0.1, -0.05) is 6.58 Å². The third-order valence-electron chi connectivity index (χ3n) is 7.67.